The van der Waals surface area contributed by atoms with Gasteiger partial charge in [-0.1, -0.05) is 24.3 Å². The first kappa shape index (κ1) is 19.4. The fourth-order valence-electron chi connectivity index (χ4n) is 2.68. The highest BCUT2D eigenvalue weighted by Gasteiger charge is 2.07. The number of anilines is 1. The van der Waals surface area contributed by atoms with Crippen LogP contribution in [0.1, 0.15) is 21.5 Å². The molecule has 6 heteroatoms. The van der Waals surface area contributed by atoms with Crippen molar-refractivity contribution >= 4 is 11.6 Å². The summed E-state index contributed by atoms with van der Waals surface area (Å²) in [5, 5.41) is 6.10. The van der Waals surface area contributed by atoms with Gasteiger partial charge in [0.1, 0.15) is 11.6 Å². The van der Waals surface area contributed by atoms with Crippen molar-refractivity contribution in [2.45, 2.75) is 13.0 Å². The number of hydrogen-bond acceptors (Lipinski definition) is 4. The molecule has 1 amide bonds. The third-order valence-electron chi connectivity index (χ3n) is 4.27. The van der Waals surface area contributed by atoms with Gasteiger partial charge >= 0.3 is 0 Å². The molecule has 0 aliphatic rings. The van der Waals surface area contributed by atoms with Crippen LogP contribution < -0.4 is 15.4 Å². The van der Waals surface area contributed by atoms with Gasteiger partial charge in [0.05, 0.1) is 18.4 Å². The number of ether oxygens (including phenoxy) is 1. The number of aromatic nitrogens is 1. The Kier molecular flexibility index (Phi) is 6.57. The number of benzene rings is 2. The van der Waals surface area contributed by atoms with E-state index in [0.717, 1.165) is 29.0 Å². The average Bonchev–Trinajstić information content (AvgIpc) is 2.74. The SMILES string of the molecule is COc1ccc(CCNC(=O)c2cncc(NCc3ccc(F)cc3)c2)cc1. The molecule has 1 heterocycles. The zero-order chi connectivity index (χ0) is 19.8. The van der Waals surface area contributed by atoms with Crippen LogP contribution in [-0.4, -0.2) is 24.5 Å². The zero-order valence-corrected chi connectivity index (χ0v) is 15.6. The first-order valence-electron chi connectivity index (χ1n) is 8.98. The first-order chi connectivity index (χ1) is 13.6. The Labute approximate surface area is 163 Å². The number of nitrogens with one attached hydrogen (secondary N) is 2. The summed E-state index contributed by atoms with van der Waals surface area (Å²) < 4.78 is 18.1. The van der Waals surface area contributed by atoms with Crippen LogP contribution in [0, 0.1) is 5.82 Å². The molecule has 1 aromatic heterocycles. The van der Waals surface area contributed by atoms with Crippen LogP contribution in [0.2, 0.25) is 0 Å². The Morgan fingerprint density at radius 1 is 1.04 bits per heavy atom. The number of nitrogens with zero attached hydrogens (tertiary/aromatic N) is 1. The Balaban J connectivity index is 1.50. The fourth-order valence-corrected chi connectivity index (χ4v) is 2.68. The molecule has 3 aromatic rings. The van der Waals surface area contributed by atoms with Crippen LogP contribution in [-0.2, 0) is 13.0 Å². The predicted octanol–water partition coefficient (Wildman–Crippen LogP) is 3.81. The average molecular weight is 379 g/mol. The van der Waals surface area contributed by atoms with Crippen LogP contribution in [0.3, 0.4) is 0 Å². The van der Waals surface area contributed by atoms with E-state index in [1.54, 1.807) is 31.5 Å². The minimum absolute atomic E-state index is 0.175. The molecular weight excluding hydrogens is 357 g/mol. The van der Waals surface area contributed by atoms with E-state index >= 15 is 0 Å². The van der Waals surface area contributed by atoms with Gasteiger partial charge in [0.15, 0.2) is 0 Å². The fraction of sp³-hybridized carbons (Fsp3) is 0.182. The van der Waals surface area contributed by atoms with Crippen molar-refractivity contribution in [3.63, 3.8) is 0 Å². The number of halogens is 1. The van der Waals surface area contributed by atoms with E-state index in [0.29, 0.717) is 18.7 Å². The number of rotatable bonds is 8. The summed E-state index contributed by atoms with van der Waals surface area (Å²) in [6.45, 7) is 1.04. The zero-order valence-electron chi connectivity index (χ0n) is 15.6. The van der Waals surface area contributed by atoms with Crippen molar-refractivity contribution in [1.29, 1.82) is 0 Å². The largest absolute Gasteiger partial charge is 0.497 e. The van der Waals surface area contributed by atoms with Crippen molar-refractivity contribution in [2.75, 3.05) is 19.0 Å². The summed E-state index contributed by atoms with van der Waals surface area (Å²) in [6, 6.07) is 15.8. The molecule has 144 valence electrons. The van der Waals surface area contributed by atoms with Gasteiger partial charge in [0.25, 0.3) is 5.91 Å². The normalized spacial score (nSPS) is 10.4. The van der Waals surface area contributed by atoms with Crippen LogP contribution in [0.4, 0.5) is 10.1 Å². The smallest absolute Gasteiger partial charge is 0.252 e. The maximum absolute atomic E-state index is 13.0. The lowest BCUT2D eigenvalue weighted by Crippen LogP contribution is -2.25. The molecule has 0 spiro atoms. The van der Waals surface area contributed by atoms with Crippen LogP contribution in [0.25, 0.3) is 0 Å². The topological polar surface area (TPSA) is 63.2 Å². The highest BCUT2D eigenvalue weighted by Crippen LogP contribution is 2.13. The molecule has 0 bridgehead atoms. The van der Waals surface area contributed by atoms with Gasteiger partial charge in [0.2, 0.25) is 0 Å². The van der Waals surface area contributed by atoms with E-state index in [4.69, 9.17) is 4.74 Å². The maximum atomic E-state index is 13.0. The highest BCUT2D eigenvalue weighted by atomic mass is 19.1. The third-order valence-corrected chi connectivity index (χ3v) is 4.27. The summed E-state index contributed by atoms with van der Waals surface area (Å²) in [7, 11) is 1.63. The van der Waals surface area contributed by atoms with Crippen molar-refractivity contribution in [2.24, 2.45) is 0 Å². The number of methoxy groups -OCH3 is 1. The summed E-state index contributed by atoms with van der Waals surface area (Å²) >= 11 is 0. The van der Waals surface area contributed by atoms with E-state index in [-0.39, 0.29) is 11.7 Å². The van der Waals surface area contributed by atoms with E-state index in [1.165, 1.54) is 18.3 Å². The molecule has 0 saturated carbocycles. The molecule has 0 atom stereocenters. The Morgan fingerprint density at radius 2 is 1.75 bits per heavy atom. The van der Waals surface area contributed by atoms with Crippen LogP contribution in [0.5, 0.6) is 5.75 Å². The van der Waals surface area contributed by atoms with Gasteiger partial charge in [-0.3, -0.25) is 9.78 Å². The summed E-state index contributed by atoms with van der Waals surface area (Å²) in [5.74, 6) is 0.369. The lowest BCUT2D eigenvalue weighted by molar-refractivity contribution is 0.0954. The molecule has 2 aromatic carbocycles. The molecule has 0 unspecified atom stereocenters. The van der Waals surface area contributed by atoms with Crippen molar-refractivity contribution in [3.05, 3.63) is 89.5 Å². The number of amides is 1. The number of carbonyl (C=O) groups excluding carboxylic acids is 1. The van der Waals surface area contributed by atoms with Gasteiger partial charge in [-0.05, 0) is 47.9 Å². The monoisotopic (exact) mass is 379 g/mol. The van der Waals surface area contributed by atoms with Gasteiger partial charge in [-0.2, -0.15) is 0 Å². The van der Waals surface area contributed by atoms with Crippen LogP contribution >= 0.6 is 0 Å². The second-order valence-electron chi connectivity index (χ2n) is 6.30. The predicted molar refractivity (Wildman–Crippen MR) is 107 cm³/mol. The molecule has 0 saturated heterocycles. The first-order valence-corrected chi connectivity index (χ1v) is 8.98. The Bertz CT molecular complexity index is 912. The number of hydrogen-bond donors (Lipinski definition) is 2. The number of pyridine rings is 1. The summed E-state index contributed by atoms with van der Waals surface area (Å²) in [4.78, 5) is 16.5. The summed E-state index contributed by atoms with van der Waals surface area (Å²) in [6.07, 6.45) is 3.91. The van der Waals surface area contributed by atoms with Crippen LogP contribution in [0.15, 0.2) is 67.0 Å². The molecule has 2 N–H and O–H groups in total. The van der Waals surface area contributed by atoms with Crippen molar-refractivity contribution < 1.29 is 13.9 Å². The van der Waals surface area contributed by atoms with Crippen molar-refractivity contribution in [1.82, 2.24) is 10.3 Å². The molecule has 0 fully saturated rings. The second kappa shape index (κ2) is 9.50. The van der Waals surface area contributed by atoms with Gasteiger partial charge < -0.3 is 15.4 Å². The van der Waals surface area contributed by atoms with Gasteiger partial charge in [-0.15, -0.1) is 0 Å². The highest BCUT2D eigenvalue weighted by molar-refractivity contribution is 5.94. The minimum atomic E-state index is -0.265. The van der Waals surface area contributed by atoms with E-state index in [2.05, 4.69) is 15.6 Å². The third kappa shape index (κ3) is 5.54. The van der Waals surface area contributed by atoms with Gasteiger partial charge in [0, 0.05) is 25.5 Å². The molecule has 0 radical (unpaired) electrons. The quantitative estimate of drug-likeness (QED) is 0.625. The molecule has 0 aliphatic heterocycles. The number of carbonyl (C=O) groups is 1. The Morgan fingerprint density at radius 3 is 2.46 bits per heavy atom. The maximum Gasteiger partial charge on any atom is 0.252 e. The van der Waals surface area contributed by atoms with E-state index < -0.39 is 0 Å². The Hall–Kier alpha value is -3.41. The molecule has 28 heavy (non-hydrogen) atoms. The lowest BCUT2D eigenvalue weighted by atomic mass is 10.1. The molecule has 5 nitrogen and oxygen atoms in total. The minimum Gasteiger partial charge on any atom is -0.497 e. The molecular formula is C22H22FN3O2. The van der Waals surface area contributed by atoms with Gasteiger partial charge in [-0.25, -0.2) is 4.39 Å². The second-order valence-corrected chi connectivity index (χ2v) is 6.30. The van der Waals surface area contributed by atoms with Crippen molar-refractivity contribution in [3.8, 4) is 5.75 Å². The molecule has 0 aliphatic carbocycles. The lowest BCUT2D eigenvalue weighted by Gasteiger charge is -2.09. The van der Waals surface area contributed by atoms with E-state index in [9.17, 15) is 9.18 Å². The standard InChI is InChI=1S/C22H22FN3O2/c1-28-21-8-4-16(5-9-21)10-11-25-22(27)18-12-20(15-24-14-18)26-13-17-2-6-19(23)7-3-17/h2-9,12,14-15,26H,10-11,13H2,1H3,(H,25,27). The molecule has 3 rings (SSSR count). The van der Waals surface area contributed by atoms with E-state index in [1.807, 2.05) is 24.3 Å². The summed E-state index contributed by atoms with van der Waals surface area (Å²) in [5.41, 5.74) is 3.27.